The van der Waals surface area contributed by atoms with E-state index in [1.165, 1.54) is 96.8 Å². The normalized spacial score (nSPS) is 13.0. The van der Waals surface area contributed by atoms with Crippen molar-refractivity contribution in [3.8, 4) is 0 Å². The summed E-state index contributed by atoms with van der Waals surface area (Å²) in [6, 6.07) is -0.920. The molecule has 0 saturated carbocycles. The molecule has 0 bridgehead atoms. The zero-order valence-electron chi connectivity index (χ0n) is 19.5. The van der Waals surface area contributed by atoms with E-state index in [2.05, 4.69) is 6.92 Å². The summed E-state index contributed by atoms with van der Waals surface area (Å²) in [6.07, 6.45) is 20.4. The number of unbranched alkanes of at least 4 members (excludes halogenated alkanes) is 15. The van der Waals surface area contributed by atoms with Crippen molar-refractivity contribution in [2.45, 2.75) is 129 Å². The van der Waals surface area contributed by atoms with Gasteiger partial charge in [0.25, 0.3) is 0 Å². The van der Waals surface area contributed by atoms with Gasteiger partial charge in [-0.3, -0.25) is 4.79 Å². The number of carbonyl (C=O) groups is 1. The molecular weight excluding hydrogens is 349 g/mol. The molecule has 0 fully saturated rings. The Hall–Kier alpha value is 0.390. The maximum atomic E-state index is 11.4. The van der Waals surface area contributed by atoms with Crippen LogP contribution in [-0.2, 0) is 9.53 Å². The Balaban J connectivity index is -0.00000312. The van der Waals surface area contributed by atoms with Gasteiger partial charge in [0.15, 0.2) is 0 Å². The molecule has 0 aromatic heterocycles. The summed E-state index contributed by atoms with van der Waals surface area (Å²) >= 11 is 0. The third-order valence-electron chi connectivity index (χ3n) is 5.03. The van der Waals surface area contributed by atoms with E-state index in [9.17, 15) is 9.90 Å². The molecule has 5 heteroatoms. The fourth-order valence-corrected chi connectivity index (χ4v) is 3.12. The van der Waals surface area contributed by atoms with Gasteiger partial charge in [0, 0.05) is 0 Å². The predicted molar refractivity (Wildman–Crippen MR) is 111 cm³/mol. The van der Waals surface area contributed by atoms with Crippen LogP contribution in [0, 0.1) is 0 Å². The molecule has 0 aromatic carbocycles. The van der Waals surface area contributed by atoms with Crippen molar-refractivity contribution in [1.82, 2.24) is 0 Å². The van der Waals surface area contributed by atoms with E-state index in [1.54, 1.807) is 0 Å². The standard InChI is InChI=1S/C22H45NO3.Na.H/c1-3-4-5-6-7-8-9-10-11-12-13-14-15-16-17-18-19-26-22(25)21(23)20(2)24;;/h20-21,24H,3-19,23H2,1-2H3;;/q;+1;-1/t20-,21+;;/m1../s1. The zero-order chi connectivity index (χ0) is 19.5. The first-order chi connectivity index (χ1) is 12.6. The van der Waals surface area contributed by atoms with Crippen LogP contribution in [0.1, 0.15) is 118 Å². The van der Waals surface area contributed by atoms with Crippen LogP contribution in [0.15, 0.2) is 0 Å². The second-order valence-corrected chi connectivity index (χ2v) is 7.74. The molecule has 158 valence electrons. The first-order valence-corrected chi connectivity index (χ1v) is 11.2. The van der Waals surface area contributed by atoms with Gasteiger partial charge in [-0.1, -0.05) is 103 Å². The molecular formula is C22H46NNaO3. The van der Waals surface area contributed by atoms with E-state index in [-0.39, 0.29) is 31.0 Å². The van der Waals surface area contributed by atoms with Gasteiger partial charge < -0.3 is 17.0 Å². The monoisotopic (exact) mass is 395 g/mol. The van der Waals surface area contributed by atoms with Gasteiger partial charge in [0.2, 0.25) is 0 Å². The molecule has 4 nitrogen and oxygen atoms in total. The summed E-state index contributed by atoms with van der Waals surface area (Å²) in [5.74, 6) is -0.499. The van der Waals surface area contributed by atoms with Crippen molar-refractivity contribution in [1.29, 1.82) is 0 Å². The molecule has 27 heavy (non-hydrogen) atoms. The third kappa shape index (κ3) is 20.9. The molecule has 0 radical (unpaired) electrons. The number of ether oxygens (including phenoxy) is 1. The molecule has 0 heterocycles. The minimum absolute atomic E-state index is 0. The molecule has 0 spiro atoms. The van der Waals surface area contributed by atoms with Crippen molar-refractivity contribution in [2.75, 3.05) is 6.61 Å². The maximum absolute atomic E-state index is 11.4. The summed E-state index contributed by atoms with van der Waals surface area (Å²) in [7, 11) is 0. The molecule has 3 N–H and O–H groups in total. The molecule has 0 aliphatic rings. The van der Waals surface area contributed by atoms with Crippen LogP contribution in [0.2, 0.25) is 0 Å². The van der Waals surface area contributed by atoms with Gasteiger partial charge in [-0.15, -0.1) is 0 Å². The second-order valence-electron chi connectivity index (χ2n) is 7.74. The third-order valence-corrected chi connectivity index (χ3v) is 5.03. The Bertz CT molecular complexity index is 320. The van der Waals surface area contributed by atoms with E-state index >= 15 is 0 Å². The number of hydrogen-bond donors (Lipinski definition) is 2. The van der Waals surface area contributed by atoms with E-state index in [1.807, 2.05) is 0 Å². The van der Waals surface area contributed by atoms with Crippen LogP contribution in [0.4, 0.5) is 0 Å². The summed E-state index contributed by atoms with van der Waals surface area (Å²) < 4.78 is 5.06. The minimum Gasteiger partial charge on any atom is -1.00 e. The molecule has 0 amide bonds. The molecule has 0 aliphatic carbocycles. The quantitative estimate of drug-likeness (QED) is 0.200. The van der Waals surface area contributed by atoms with Crippen molar-refractivity contribution in [3.63, 3.8) is 0 Å². The van der Waals surface area contributed by atoms with Crippen LogP contribution in [0.3, 0.4) is 0 Å². The van der Waals surface area contributed by atoms with Crippen LogP contribution in [0.5, 0.6) is 0 Å². The number of hydrogen-bond acceptors (Lipinski definition) is 4. The van der Waals surface area contributed by atoms with Gasteiger partial charge >= 0.3 is 35.5 Å². The molecule has 0 aromatic rings. The minimum atomic E-state index is -0.920. The number of rotatable bonds is 19. The van der Waals surface area contributed by atoms with Crippen molar-refractivity contribution in [3.05, 3.63) is 0 Å². The summed E-state index contributed by atoms with van der Waals surface area (Å²) in [6.45, 7) is 4.19. The summed E-state index contributed by atoms with van der Waals surface area (Å²) in [5, 5.41) is 9.21. The van der Waals surface area contributed by atoms with Gasteiger partial charge in [-0.05, 0) is 13.3 Å². The Kier molecular flexibility index (Phi) is 24.9. The van der Waals surface area contributed by atoms with Crippen molar-refractivity contribution in [2.24, 2.45) is 5.73 Å². The summed E-state index contributed by atoms with van der Waals surface area (Å²) in [4.78, 5) is 11.4. The Morgan fingerprint density at radius 1 is 0.815 bits per heavy atom. The smallest absolute Gasteiger partial charge is 1.00 e. The van der Waals surface area contributed by atoms with Crippen LogP contribution in [0.25, 0.3) is 0 Å². The zero-order valence-corrected chi connectivity index (χ0v) is 20.5. The number of aliphatic hydroxyl groups excluding tert-OH is 1. The summed E-state index contributed by atoms with van der Waals surface area (Å²) in [5.41, 5.74) is 5.51. The second kappa shape index (κ2) is 22.7. The molecule has 0 rings (SSSR count). The van der Waals surface area contributed by atoms with E-state index in [0.29, 0.717) is 6.61 Å². The van der Waals surface area contributed by atoms with Crippen molar-refractivity contribution >= 4 is 5.97 Å². The largest absolute Gasteiger partial charge is 1.00 e. The SMILES string of the molecule is CCCCCCCCCCCCCCCCCCOC(=O)[C@@H](N)[C@@H](C)O.[H-].[Na+]. The van der Waals surface area contributed by atoms with Gasteiger partial charge in [0.1, 0.15) is 6.04 Å². The first kappa shape index (κ1) is 29.6. The molecule has 0 unspecified atom stereocenters. The maximum Gasteiger partial charge on any atom is 1.00 e. The molecule has 2 atom stereocenters. The Labute approximate surface area is 192 Å². The number of carbonyl (C=O) groups excluding carboxylic acids is 1. The van der Waals surface area contributed by atoms with Crippen LogP contribution >= 0.6 is 0 Å². The van der Waals surface area contributed by atoms with Gasteiger partial charge in [-0.2, -0.15) is 0 Å². The van der Waals surface area contributed by atoms with Crippen molar-refractivity contribution < 1.29 is 45.6 Å². The first-order valence-electron chi connectivity index (χ1n) is 11.2. The van der Waals surface area contributed by atoms with E-state index in [4.69, 9.17) is 10.5 Å². The average Bonchev–Trinajstić information content (AvgIpc) is 2.63. The van der Waals surface area contributed by atoms with E-state index < -0.39 is 18.1 Å². The molecule has 0 saturated heterocycles. The number of esters is 1. The van der Waals surface area contributed by atoms with Crippen LogP contribution < -0.4 is 35.3 Å². The fraction of sp³-hybridized carbons (Fsp3) is 0.955. The topological polar surface area (TPSA) is 72.5 Å². The van der Waals surface area contributed by atoms with Gasteiger partial charge in [0.05, 0.1) is 12.7 Å². The van der Waals surface area contributed by atoms with E-state index in [0.717, 1.165) is 12.8 Å². The predicted octanol–water partition coefficient (Wildman–Crippen LogP) is 2.62. The Morgan fingerprint density at radius 3 is 1.48 bits per heavy atom. The number of nitrogens with two attached hydrogens (primary N) is 1. The fourth-order valence-electron chi connectivity index (χ4n) is 3.12. The Morgan fingerprint density at radius 2 is 1.15 bits per heavy atom. The average molecular weight is 396 g/mol. The molecule has 0 aliphatic heterocycles. The van der Waals surface area contributed by atoms with Gasteiger partial charge in [-0.25, -0.2) is 0 Å². The number of aliphatic hydroxyl groups is 1. The van der Waals surface area contributed by atoms with Crippen LogP contribution in [-0.4, -0.2) is 29.8 Å².